The smallest absolute Gasteiger partial charge is 0.255 e. The van der Waals surface area contributed by atoms with E-state index in [4.69, 9.17) is 0 Å². The van der Waals surface area contributed by atoms with E-state index in [2.05, 4.69) is 43.6 Å². The summed E-state index contributed by atoms with van der Waals surface area (Å²) >= 11 is 0. The summed E-state index contributed by atoms with van der Waals surface area (Å²) in [6, 6.07) is 18.9. The van der Waals surface area contributed by atoms with Gasteiger partial charge in [0.15, 0.2) is 0 Å². The molecule has 1 heterocycles. The summed E-state index contributed by atoms with van der Waals surface area (Å²) in [5.41, 5.74) is 1.64. The van der Waals surface area contributed by atoms with Gasteiger partial charge in [-0.15, -0.1) is 0 Å². The number of nitrogens with one attached hydrogen (secondary N) is 1. The third-order valence-corrected chi connectivity index (χ3v) is 12.7. The lowest BCUT2D eigenvalue weighted by Crippen LogP contribution is -2.63. The molecule has 0 saturated heterocycles. The Balaban J connectivity index is 1.95. The van der Waals surface area contributed by atoms with Crippen LogP contribution in [0.15, 0.2) is 48.5 Å². The molecule has 3 rings (SSSR count). The largest absolute Gasteiger partial charge is 0.322 e. The Bertz CT molecular complexity index is 738. The van der Waals surface area contributed by atoms with Crippen molar-refractivity contribution in [3.63, 3.8) is 0 Å². The molecule has 0 bridgehead atoms. The number of benzene rings is 2. The predicted molar refractivity (Wildman–Crippen MR) is 105 cm³/mol. The van der Waals surface area contributed by atoms with E-state index < -0.39 is 16.1 Å². The Morgan fingerprint density at radius 1 is 0.870 bits per heavy atom. The Morgan fingerprint density at radius 2 is 1.48 bits per heavy atom. The normalized spacial score (nSPS) is 18.1. The van der Waals surface area contributed by atoms with E-state index in [0.29, 0.717) is 0 Å². The lowest BCUT2D eigenvalue weighted by Gasteiger charge is -2.39. The third kappa shape index (κ3) is 3.19. The molecule has 120 valence electrons. The molecular weight excluding hydrogens is 314 g/mol. The van der Waals surface area contributed by atoms with Crippen LogP contribution in [0.2, 0.25) is 38.3 Å². The van der Waals surface area contributed by atoms with Gasteiger partial charge in [0.2, 0.25) is 0 Å². The Kier molecular flexibility index (Phi) is 4.06. The highest BCUT2D eigenvalue weighted by Gasteiger charge is 2.39. The highest BCUT2D eigenvalue weighted by atomic mass is 28.3. The average molecular weight is 340 g/mol. The zero-order valence-corrected chi connectivity index (χ0v) is 16.4. The lowest BCUT2D eigenvalue weighted by molar-refractivity contribution is 0.102. The minimum Gasteiger partial charge on any atom is -0.322 e. The maximum absolute atomic E-state index is 12.6. The molecule has 0 unspecified atom stereocenters. The van der Waals surface area contributed by atoms with E-state index in [1.54, 1.807) is 5.19 Å². The maximum Gasteiger partial charge on any atom is 0.255 e. The van der Waals surface area contributed by atoms with Crippen LogP contribution < -0.4 is 15.7 Å². The SMILES string of the molecule is C[Si]1(C)CC[Si](C)(C)c2cc(C(=O)Nc3ccccc3)ccc21. The summed E-state index contributed by atoms with van der Waals surface area (Å²) in [6.45, 7) is 9.79. The molecule has 4 heteroatoms. The fraction of sp³-hybridized carbons (Fsp3) is 0.316. The van der Waals surface area contributed by atoms with Crippen LogP contribution in [-0.2, 0) is 0 Å². The van der Waals surface area contributed by atoms with Crippen LogP contribution in [0.1, 0.15) is 10.4 Å². The van der Waals surface area contributed by atoms with Gasteiger partial charge in [0.25, 0.3) is 5.91 Å². The standard InChI is InChI=1S/C19H25NOSi2/c1-22(2)12-13-23(3,4)18-14-15(10-11-17(18)22)19(21)20-16-8-6-5-7-9-16/h5-11,14H,12-13H2,1-4H3,(H,20,21). The molecule has 2 nitrogen and oxygen atoms in total. The number of carbonyl (C=O) groups excluding carboxylic acids is 1. The second-order valence-electron chi connectivity index (χ2n) is 7.85. The summed E-state index contributed by atoms with van der Waals surface area (Å²) < 4.78 is 0. The van der Waals surface area contributed by atoms with Gasteiger partial charge in [0.05, 0.1) is 16.1 Å². The predicted octanol–water partition coefficient (Wildman–Crippen LogP) is 3.78. The molecule has 2 aromatic carbocycles. The van der Waals surface area contributed by atoms with Crippen molar-refractivity contribution in [2.75, 3.05) is 5.32 Å². The van der Waals surface area contributed by atoms with Gasteiger partial charge >= 0.3 is 0 Å². The Labute approximate surface area is 141 Å². The van der Waals surface area contributed by atoms with Crippen LogP contribution in [-0.4, -0.2) is 22.1 Å². The quantitative estimate of drug-likeness (QED) is 0.829. The van der Waals surface area contributed by atoms with Gasteiger partial charge < -0.3 is 5.32 Å². The van der Waals surface area contributed by atoms with E-state index >= 15 is 0 Å². The first-order chi connectivity index (χ1) is 10.8. The van der Waals surface area contributed by atoms with Crippen molar-refractivity contribution in [2.24, 2.45) is 0 Å². The molecule has 23 heavy (non-hydrogen) atoms. The van der Waals surface area contributed by atoms with Crippen LogP contribution in [0.4, 0.5) is 5.69 Å². The highest BCUT2D eigenvalue weighted by molar-refractivity contribution is 7.03. The molecule has 2 aromatic rings. The van der Waals surface area contributed by atoms with Crippen LogP contribution in [0, 0.1) is 0 Å². The van der Waals surface area contributed by atoms with E-state index in [-0.39, 0.29) is 5.91 Å². The van der Waals surface area contributed by atoms with Crippen molar-refractivity contribution < 1.29 is 4.79 Å². The van der Waals surface area contributed by atoms with Crippen molar-refractivity contribution in [3.8, 4) is 0 Å². The second kappa shape index (κ2) is 5.76. The van der Waals surface area contributed by atoms with E-state index in [9.17, 15) is 4.79 Å². The number of hydrogen-bond donors (Lipinski definition) is 1. The van der Waals surface area contributed by atoms with Crippen molar-refractivity contribution >= 4 is 38.1 Å². The molecule has 1 amide bonds. The first kappa shape index (κ1) is 16.2. The molecule has 0 atom stereocenters. The summed E-state index contributed by atoms with van der Waals surface area (Å²) in [5.74, 6) is -0.00570. The fourth-order valence-electron chi connectivity index (χ4n) is 3.45. The van der Waals surface area contributed by atoms with Gasteiger partial charge in [0.1, 0.15) is 0 Å². The number of carbonyl (C=O) groups is 1. The topological polar surface area (TPSA) is 29.1 Å². The third-order valence-electron chi connectivity index (χ3n) is 5.15. The van der Waals surface area contributed by atoms with Gasteiger partial charge in [0, 0.05) is 11.3 Å². The van der Waals surface area contributed by atoms with Gasteiger partial charge in [-0.2, -0.15) is 0 Å². The number of amides is 1. The molecule has 1 aliphatic heterocycles. The molecule has 0 fully saturated rings. The molecule has 1 aliphatic rings. The zero-order chi connectivity index (χ0) is 16.7. The Hall–Kier alpha value is -1.66. The second-order valence-corrected chi connectivity index (χ2v) is 17.5. The van der Waals surface area contributed by atoms with Gasteiger partial charge in [-0.1, -0.05) is 79.0 Å². The Morgan fingerprint density at radius 3 is 2.13 bits per heavy atom. The molecular formula is C19H25NOSi2. The molecule has 0 radical (unpaired) electrons. The minimum atomic E-state index is -1.41. The summed E-state index contributed by atoms with van der Waals surface area (Å²) in [6.07, 6.45) is 0. The first-order valence-corrected chi connectivity index (χ1v) is 14.7. The molecule has 0 spiro atoms. The average Bonchev–Trinajstić information content (AvgIpc) is 2.52. The van der Waals surface area contributed by atoms with Crippen LogP contribution >= 0.6 is 0 Å². The van der Waals surface area contributed by atoms with Crippen LogP contribution in [0.5, 0.6) is 0 Å². The monoisotopic (exact) mass is 339 g/mol. The van der Waals surface area contributed by atoms with Gasteiger partial charge in [-0.3, -0.25) is 4.79 Å². The van der Waals surface area contributed by atoms with Crippen LogP contribution in [0.3, 0.4) is 0 Å². The maximum atomic E-state index is 12.6. The highest BCUT2D eigenvalue weighted by Crippen LogP contribution is 2.26. The minimum absolute atomic E-state index is 0.00570. The fourth-order valence-corrected chi connectivity index (χ4v) is 13.7. The molecule has 0 saturated carbocycles. The van der Waals surface area contributed by atoms with Crippen molar-refractivity contribution in [2.45, 2.75) is 38.3 Å². The summed E-state index contributed by atoms with van der Waals surface area (Å²) in [7, 11) is -2.74. The number of fused-ring (bicyclic) bond motifs is 1. The molecule has 0 aliphatic carbocycles. The first-order valence-electron chi connectivity index (χ1n) is 8.31. The summed E-state index contributed by atoms with van der Waals surface area (Å²) in [5, 5.41) is 6.10. The molecule has 0 aromatic heterocycles. The van der Waals surface area contributed by atoms with E-state index in [1.165, 1.54) is 17.3 Å². The van der Waals surface area contributed by atoms with Crippen molar-refractivity contribution in [1.29, 1.82) is 0 Å². The van der Waals surface area contributed by atoms with Gasteiger partial charge in [-0.05, 0) is 18.2 Å². The van der Waals surface area contributed by atoms with E-state index in [1.807, 2.05) is 36.4 Å². The van der Waals surface area contributed by atoms with Crippen molar-refractivity contribution in [3.05, 3.63) is 54.1 Å². The number of anilines is 1. The lowest BCUT2D eigenvalue weighted by atomic mass is 10.2. The van der Waals surface area contributed by atoms with Crippen LogP contribution in [0.25, 0.3) is 0 Å². The number of rotatable bonds is 2. The summed E-state index contributed by atoms with van der Waals surface area (Å²) in [4.78, 5) is 12.6. The van der Waals surface area contributed by atoms with Crippen molar-refractivity contribution in [1.82, 2.24) is 0 Å². The van der Waals surface area contributed by atoms with E-state index in [0.717, 1.165) is 11.3 Å². The number of para-hydroxylation sites is 1. The van der Waals surface area contributed by atoms with Gasteiger partial charge in [-0.25, -0.2) is 0 Å². The molecule has 1 N–H and O–H groups in total. The number of hydrogen-bond acceptors (Lipinski definition) is 1. The zero-order valence-electron chi connectivity index (χ0n) is 14.4.